The van der Waals surface area contributed by atoms with E-state index in [2.05, 4.69) is 39.3 Å². The van der Waals surface area contributed by atoms with Gasteiger partial charge >= 0.3 is 147 Å². The van der Waals surface area contributed by atoms with Crippen LogP contribution in [0.25, 0.3) is 0 Å². The van der Waals surface area contributed by atoms with Crippen LogP contribution in [-0.2, 0) is 28.1 Å². The summed E-state index contributed by atoms with van der Waals surface area (Å²) in [6.07, 6.45) is 0.980. The molecule has 0 amide bonds. The second-order valence-electron chi connectivity index (χ2n) is 6.90. The Labute approximate surface area is 147 Å². The first kappa shape index (κ1) is 18.9. The van der Waals surface area contributed by atoms with Gasteiger partial charge in [0.25, 0.3) is 0 Å². The van der Waals surface area contributed by atoms with Gasteiger partial charge in [-0.3, -0.25) is 0 Å². The molecular formula is C15H24N2O4PW+. The zero-order valence-corrected chi connectivity index (χ0v) is 18.2. The summed E-state index contributed by atoms with van der Waals surface area (Å²) in [5.41, 5.74) is -1.64. The van der Waals surface area contributed by atoms with Gasteiger partial charge in [-0.15, -0.1) is 0 Å². The first-order valence-corrected chi connectivity index (χ1v) is 13.1. The Hall–Kier alpha value is -0.412. The van der Waals surface area contributed by atoms with Crippen molar-refractivity contribution in [2.45, 2.75) is 52.6 Å². The van der Waals surface area contributed by atoms with Crippen molar-refractivity contribution < 1.29 is 28.1 Å². The Balaban J connectivity index is 2.46. The quantitative estimate of drug-likeness (QED) is 0.631. The van der Waals surface area contributed by atoms with Crippen molar-refractivity contribution in [1.82, 2.24) is 9.55 Å². The Kier molecular flexibility index (Phi) is 5.33. The number of aromatic amines is 1. The van der Waals surface area contributed by atoms with Gasteiger partial charge in [0.05, 0.1) is 0 Å². The molecule has 0 aliphatic carbocycles. The zero-order valence-electron chi connectivity index (χ0n) is 14.3. The number of ether oxygens (including phenoxy) is 1. The fraction of sp³-hybridized carbons (Fsp3) is 0.733. The monoisotopic (exact) mass is 511 g/mol. The summed E-state index contributed by atoms with van der Waals surface area (Å²) < 4.78 is 13.9. The van der Waals surface area contributed by atoms with E-state index in [1.165, 1.54) is 35.6 Å². The summed E-state index contributed by atoms with van der Waals surface area (Å²) in [4.78, 5) is 25.8. The molecule has 0 saturated carbocycles. The molecule has 0 bridgehead atoms. The molecule has 6 nitrogen and oxygen atoms in total. The van der Waals surface area contributed by atoms with E-state index < -0.39 is 28.9 Å². The van der Waals surface area contributed by atoms with E-state index in [-0.39, 0.29) is 17.4 Å². The molecule has 0 radical (unpaired) electrons. The van der Waals surface area contributed by atoms with Crippen molar-refractivity contribution in [1.29, 1.82) is 0 Å². The molecule has 2 heterocycles. The summed E-state index contributed by atoms with van der Waals surface area (Å²) in [6, 6.07) is 1.35. The maximum absolute atomic E-state index is 12.2. The second kappa shape index (κ2) is 6.48. The summed E-state index contributed by atoms with van der Waals surface area (Å²) in [5.74, 6) is -0.264. The molecule has 5 atom stereocenters. The summed E-state index contributed by atoms with van der Waals surface area (Å²) in [6.45, 7) is 12.5. The molecule has 1 N–H and O–H groups in total. The van der Waals surface area contributed by atoms with Crippen LogP contribution in [0, 0.1) is 11.3 Å². The number of nitrogens with one attached hydrogen (secondary N) is 1. The number of hydrogen-bond donors (Lipinski definition) is 1. The van der Waals surface area contributed by atoms with Gasteiger partial charge in [0.1, 0.15) is 0 Å². The summed E-state index contributed by atoms with van der Waals surface area (Å²) in [7, 11) is 0. The van der Waals surface area contributed by atoms with E-state index in [0.29, 0.717) is 0 Å². The van der Waals surface area contributed by atoms with E-state index in [1.54, 1.807) is 0 Å². The minimum absolute atomic E-state index is 0.0751. The Bertz CT molecular complexity index is 729. The zero-order chi connectivity index (χ0) is 17.6. The number of rotatable bonds is 4. The first-order valence-electron chi connectivity index (χ1n) is 7.57. The second-order valence-corrected chi connectivity index (χ2v) is 13.5. The summed E-state index contributed by atoms with van der Waals surface area (Å²) in [5, 5.41) is 0. The normalized spacial score (nSPS) is 31.8. The topological polar surface area (TPSA) is 73.3 Å². The predicted octanol–water partition coefficient (Wildman–Crippen LogP) is 2.38. The van der Waals surface area contributed by atoms with E-state index in [1.807, 2.05) is 6.92 Å². The fourth-order valence-corrected chi connectivity index (χ4v) is 5.30. The van der Waals surface area contributed by atoms with Gasteiger partial charge in [-0.05, 0) is 0 Å². The number of aromatic nitrogens is 2. The molecular weight excluding hydrogens is 487 g/mol. The van der Waals surface area contributed by atoms with Crippen molar-refractivity contribution in [3.63, 3.8) is 0 Å². The van der Waals surface area contributed by atoms with Gasteiger partial charge in [-0.2, -0.15) is 0 Å². The van der Waals surface area contributed by atoms with Crippen molar-refractivity contribution in [2.24, 2.45) is 11.3 Å². The van der Waals surface area contributed by atoms with Crippen molar-refractivity contribution in [3.8, 4) is 0 Å². The van der Waals surface area contributed by atoms with Crippen molar-refractivity contribution in [2.75, 3.05) is 6.66 Å². The van der Waals surface area contributed by atoms with Crippen LogP contribution in [0.5, 0.6) is 0 Å². The van der Waals surface area contributed by atoms with Gasteiger partial charge in [0.2, 0.25) is 0 Å². The molecule has 0 spiro atoms. The molecule has 1 aliphatic heterocycles. The van der Waals surface area contributed by atoms with E-state index in [9.17, 15) is 9.59 Å². The molecule has 128 valence electrons. The van der Waals surface area contributed by atoms with Crippen LogP contribution in [0.2, 0.25) is 0 Å². The molecule has 2 rings (SSSR count). The molecule has 1 aromatic heterocycles. The maximum atomic E-state index is 12.2. The van der Waals surface area contributed by atoms with Crippen LogP contribution in [0.3, 0.4) is 0 Å². The molecule has 1 aliphatic rings. The average molecular weight is 511 g/mol. The van der Waals surface area contributed by atoms with E-state index in [0.717, 1.165) is 0 Å². The number of hydrogen-bond acceptors (Lipinski definition) is 4. The van der Waals surface area contributed by atoms with Crippen LogP contribution in [-0.4, -0.2) is 27.9 Å². The third kappa shape index (κ3) is 3.37. The van der Waals surface area contributed by atoms with Crippen molar-refractivity contribution in [3.05, 3.63) is 33.1 Å². The summed E-state index contributed by atoms with van der Waals surface area (Å²) >= 11 is 1.43. The van der Waals surface area contributed by atoms with Crippen LogP contribution < -0.4 is 11.2 Å². The fourth-order valence-electron chi connectivity index (χ4n) is 3.25. The third-order valence-corrected chi connectivity index (χ3v) is 6.74. The molecule has 23 heavy (non-hydrogen) atoms. The van der Waals surface area contributed by atoms with E-state index >= 15 is 0 Å². The van der Waals surface area contributed by atoms with Gasteiger partial charge in [0.15, 0.2) is 0 Å². The first-order chi connectivity index (χ1) is 10.5. The molecule has 8 heteroatoms. The molecule has 1 aromatic rings. The van der Waals surface area contributed by atoms with E-state index in [4.69, 9.17) is 9.26 Å². The van der Waals surface area contributed by atoms with Crippen LogP contribution in [0.1, 0.15) is 40.8 Å². The van der Waals surface area contributed by atoms with Crippen LogP contribution in [0.4, 0.5) is 0 Å². The standard InChI is InChI=1S/C15H24N2O4P.W/c1-9-14(3,4)12(17-8-7-11(18)16-13(17)19)20-15(9,5)10(2)21-22-6;/h7-10,12H,1-6H3,(H,16,18,19);/q-1;+2/t9-,10?,12+,15-;/m0./s1. The van der Waals surface area contributed by atoms with Gasteiger partial charge < -0.3 is 0 Å². The molecule has 0 aromatic carbocycles. The van der Waals surface area contributed by atoms with Crippen molar-refractivity contribution >= 4 is 5.78 Å². The van der Waals surface area contributed by atoms with Crippen LogP contribution >= 0.6 is 5.78 Å². The Morgan fingerprint density at radius 2 is 2.04 bits per heavy atom. The number of nitrogens with zero attached hydrogens (tertiary/aromatic N) is 1. The molecule has 1 saturated heterocycles. The van der Waals surface area contributed by atoms with Gasteiger partial charge in [-0.25, -0.2) is 0 Å². The number of H-pyrrole nitrogens is 1. The Morgan fingerprint density at radius 1 is 1.43 bits per heavy atom. The van der Waals surface area contributed by atoms with Gasteiger partial charge in [0, 0.05) is 0 Å². The Morgan fingerprint density at radius 3 is 2.57 bits per heavy atom. The minimum atomic E-state index is -0.504. The SMILES string of the molecule is CC(O[P+](C)=[W])[C@@]1(C)O[C@@H](n2ccc(=O)[nH]c2=O)C(C)(C)[C@@H]1C. The third-order valence-electron chi connectivity index (χ3n) is 5.20. The average Bonchev–Trinajstić information content (AvgIpc) is 2.60. The van der Waals surface area contributed by atoms with Crippen LogP contribution in [0.15, 0.2) is 21.9 Å². The predicted molar refractivity (Wildman–Crippen MR) is 86.2 cm³/mol. The van der Waals surface area contributed by atoms with Gasteiger partial charge in [-0.1, -0.05) is 0 Å². The molecule has 2 unspecified atom stereocenters. The molecule has 1 fully saturated rings.